The molecule has 0 bridgehead atoms. The van der Waals surface area contributed by atoms with Crippen molar-refractivity contribution in [3.8, 4) is 0 Å². The van der Waals surface area contributed by atoms with Crippen molar-refractivity contribution in [3.63, 3.8) is 0 Å². The van der Waals surface area contributed by atoms with Gasteiger partial charge in [0.25, 0.3) is 0 Å². The van der Waals surface area contributed by atoms with Crippen LogP contribution >= 0.6 is 0 Å². The molecule has 0 aromatic rings. The molecule has 0 aliphatic heterocycles. The number of amides is 1. The van der Waals surface area contributed by atoms with E-state index in [1.165, 1.54) is 0 Å². The fourth-order valence-electron chi connectivity index (χ4n) is 1.58. The lowest BCUT2D eigenvalue weighted by atomic mass is 10.2. The van der Waals surface area contributed by atoms with Gasteiger partial charge < -0.3 is 20.3 Å². The summed E-state index contributed by atoms with van der Waals surface area (Å²) in [4.78, 5) is 22.7. The number of aliphatic hydroxyl groups excluding tert-OH is 1. The van der Waals surface area contributed by atoms with Crippen LogP contribution in [0.25, 0.3) is 0 Å². The maximum Gasteiger partial charge on any atom is 0.414 e. The summed E-state index contributed by atoms with van der Waals surface area (Å²) >= 11 is 0. The molecule has 0 fully saturated rings. The normalized spacial score (nSPS) is 17.2. The first-order chi connectivity index (χ1) is 11.0. The van der Waals surface area contributed by atoms with Gasteiger partial charge in [-0.2, -0.15) is 13.2 Å². The number of alkyl halides is 3. The Morgan fingerprint density at radius 2 is 1.68 bits per heavy atom. The van der Waals surface area contributed by atoms with Gasteiger partial charge in [-0.3, -0.25) is 4.78 Å². The Hall–Kier alpha value is -1.56. The van der Waals surface area contributed by atoms with Gasteiger partial charge in [-0.1, -0.05) is 0 Å². The lowest BCUT2D eigenvalue weighted by molar-refractivity contribution is -0.203. The Labute approximate surface area is 143 Å². The SMILES string of the molecule is CC(C)(C)OC(=O)N[C@@H](CC[S@@](=N)(=O)CC[C@@H](O)C(F)(F)F)C(=O)O. The Kier molecular flexibility index (Phi) is 8.15. The number of carboxylic acids is 1. The fraction of sp³-hybridized carbons (Fsp3) is 0.846. The van der Waals surface area contributed by atoms with E-state index in [2.05, 4.69) is 0 Å². The maximum atomic E-state index is 12.2. The van der Waals surface area contributed by atoms with Crippen LogP contribution in [0.5, 0.6) is 0 Å². The van der Waals surface area contributed by atoms with Gasteiger partial charge in [0, 0.05) is 21.2 Å². The van der Waals surface area contributed by atoms with Crippen LogP contribution in [0, 0.1) is 4.78 Å². The predicted octanol–water partition coefficient (Wildman–Crippen LogP) is 1.71. The van der Waals surface area contributed by atoms with Crippen LogP contribution in [0.4, 0.5) is 18.0 Å². The van der Waals surface area contributed by atoms with E-state index in [4.69, 9.17) is 19.7 Å². The van der Waals surface area contributed by atoms with Crippen LogP contribution in [0.2, 0.25) is 0 Å². The number of hydrogen-bond acceptors (Lipinski definition) is 6. The molecule has 0 saturated carbocycles. The predicted molar refractivity (Wildman–Crippen MR) is 82.7 cm³/mol. The molecule has 3 atom stereocenters. The molecule has 1 amide bonds. The molecule has 0 heterocycles. The van der Waals surface area contributed by atoms with Crippen LogP contribution in [0.3, 0.4) is 0 Å². The zero-order chi connectivity index (χ0) is 20.1. The van der Waals surface area contributed by atoms with Crippen molar-refractivity contribution >= 4 is 21.8 Å². The zero-order valence-corrected chi connectivity index (χ0v) is 14.9. The number of aliphatic hydroxyl groups is 1. The van der Waals surface area contributed by atoms with Gasteiger partial charge in [0.15, 0.2) is 6.10 Å². The molecule has 4 N–H and O–H groups in total. The summed E-state index contributed by atoms with van der Waals surface area (Å²) in [6, 6.07) is -1.51. The number of halogens is 3. The second-order valence-electron chi connectivity index (χ2n) is 6.39. The van der Waals surface area contributed by atoms with Gasteiger partial charge in [-0.15, -0.1) is 0 Å². The van der Waals surface area contributed by atoms with Crippen LogP contribution < -0.4 is 5.32 Å². The number of nitrogens with one attached hydrogen (secondary N) is 2. The van der Waals surface area contributed by atoms with Gasteiger partial charge in [0.05, 0.1) is 0 Å². The van der Waals surface area contributed by atoms with Crippen LogP contribution in [-0.2, 0) is 19.3 Å². The van der Waals surface area contributed by atoms with E-state index in [9.17, 15) is 27.0 Å². The molecule has 0 saturated heterocycles. The number of carbonyl (C=O) groups excluding carboxylic acids is 1. The van der Waals surface area contributed by atoms with Crippen LogP contribution in [0.15, 0.2) is 0 Å². The highest BCUT2D eigenvalue weighted by molar-refractivity contribution is 7.92. The van der Waals surface area contributed by atoms with Gasteiger partial charge in [-0.25, -0.2) is 13.8 Å². The van der Waals surface area contributed by atoms with E-state index in [0.29, 0.717) is 0 Å². The highest BCUT2D eigenvalue weighted by Crippen LogP contribution is 2.22. The van der Waals surface area contributed by atoms with Crippen LogP contribution in [0.1, 0.15) is 33.6 Å². The first-order valence-electron chi connectivity index (χ1n) is 7.25. The van der Waals surface area contributed by atoms with Gasteiger partial charge >= 0.3 is 18.2 Å². The average Bonchev–Trinajstić information content (AvgIpc) is 2.37. The minimum Gasteiger partial charge on any atom is -0.480 e. The zero-order valence-electron chi connectivity index (χ0n) is 14.1. The van der Waals surface area contributed by atoms with Crippen LogP contribution in [-0.4, -0.2) is 61.9 Å². The van der Waals surface area contributed by atoms with E-state index >= 15 is 0 Å². The molecule has 0 radical (unpaired) electrons. The summed E-state index contributed by atoms with van der Waals surface area (Å²) in [5, 5.41) is 19.9. The van der Waals surface area contributed by atoms with Gasteiger partial charge in [0.2, 0.25) is 0 Å². The molecule has 0 aliphatic carbocycles. The topological polar surface area (TPSA) is 137 Å². The summed E-state index contributed by atoms with van der Waals surface area (Å²) in [6.45, 7) is 4.68. The molecule has 0 rings (SSSR count). The van der Waals surface area contributed by atoms with E-state index in [1.807, 2.05) is 5.32 Å². The molecule has 0 aromatic carbocycles. The molecule has 12 heteroatoms. The summed E-state index contributed by atoms with van der Waals surface area (Å²) in [5.41, 5.74) is -0.871. The maximum absolute atomic E-state index is 12.2. The third kappa shape index (κ3) is 10.8. The Balaban J connectivity index is 4.64. The number of carbonyl (C=O) groups is 2. The first-order valence-corrected chi connectivity index (χ1v) is 9.14. The molecule has 0 unspecified atom stereocenters. The largest absolute Gasteiger partial charge is 0.480 e. The minimum atomic E-state index is -4.88. The molecule has 0 aliphatic rings. The molecular formula is C13H23F3N2O6S. The highest BCUT2D eigenvalue weighted by Gasteiger charge is 2.38. The quantitative estimate of drug-likeness (QED) is 0.496. The fourth-order valence-corrected chi connectivity index (χ4v) is 3.01. The third-order valence-corrected chi connectivity index (χ3v) is 4.61. The monoisotopic (exact) mass is 392 g/mol. The van der Waals surface area contributed by atoms with E-state index < -0.39 is 70.1 Å². The van der Waals surface area contributed by atoms with E-state index in [0.717, 1.165) is 0 Å². The van der Waals surface area contributed by atoms with Crippen molar-refractivity contribution in [3.05, 3.63) is 0 Å². The highest BCUT2D eigenvalue weighted by atomic mass is 32.2. The molecular weight excluding hydrogens is 369 g/mol. The number of rotatable bonds is 8. The first kappa shape index (κ1) is 23.4. The molecule has 25 heavy (non-hydrogen) atoms. The molecule has 0 aromatic heterocycles. The Morgan fingerprint density at radius 3 is 2.08 bits per heavy atom. The number of hydrogen-bond donors (Lipinski definition) is 4. The lowest BCUT2D eigenvalue weighted by Gasteiger charge is -2.22. The summed E-state index contributed by atoms with van der Waals surface area (Å²) < 4.78 is 60.8. The summed E-state index contributed by atoms with van der Waals surface area (Å²) in [5.74, 6) is -2.76. The third-order valence-electron chi connectivity index (χ3n) is 2.82. The van der Waals surface area contributed by atoms with Crippen molar-refractivity contribution in [2.45, 2.75) is 57.5 Å². The van der Waals surface area contributed by atoms with Gasteiger partial charge in [-0.05, 0) is 33.6 Å². The molecule has 0 spiro atoms. The number of alkyl carbamates (subject to hydrolysis) is 1. The number of carboxylic acid groups (broad SMARTS) is 1. The Morgan fingerprint density at radius 1 is 1.20 bits per heavy atom. The second kappa shape index (κ2) is 8.70. The van der Waals surface area contributed by atoms with Crippen molar-refractivity contribution in [2.75, 3.05) is 11.5 Å². The number of ether oxygens (including phenoxy) is 1. The standard InChI is InChI=1S/C13H23F3N2O6S/c1-12(2,3)24-11(22)18-8(10(20)21)4-6-25(17,23)7-5-9(19)13(14,15)16/h8-9,17,19H,4-7H2,1-3H3,(H,18,22)(H,20,21)/t8-,9+,25+/m0/s1. The van der Waals surface area contributed by atoms with E-state index in [-0.39, 0.29) is 0 Å². The van der Waals surface area contributed by atoms with Crippen molar-refractivity contribution in [2.24, 2.45) is 0 Å². The van der Waals surface area contributed by atoms with Crippen molar-refractivity contribution in [1.29, 1.82) is 4.78 Å². The summed E-state index contributed by atoms with van der Waals surface area (Å²) in [7, 11) is -3.55. The smallest absolute Gasteiger partial charge is 0.414 e. The minimum absolute atomic E-state index is 0.432. The Bertz CT molecular complexity index is 571. The summed E-state index contributed by atoms with van der Waals surface area (Å²) in [6.07, 6.45) is -9.96. The second-order valence-corrected chi connectivity index (χ2v) is 8.83. The molecule has 8 nitrogen and oxygen atoms in total. The van der Waals surface area contributed by atoms with Crippen molar-refractivity contribution in [1.82, 2.24) is 5.32 Å². The van der Waals surface area contributed by atoms with Crippen molar-refractivity contribution < 1.29 is 41.9 Å². The average molecular weight is 392 g/mol. The lowest BCUT2D eigenvalue weighted by Crippen LogP contribution is -2.44. The van der Waals surface area contributed by atoms with E-state index in [1.54, 1.807) is 20.8 Å². The van der Waals surface area contributed by atoms with Gasteiger partial charge in [0.1, 0.15) is 11.6 Å². The number of aliphatic carboxylic acids is 1. The molecule has 148 valence electrons.